The van der Waals surface area contributed by atoms with Gasteiger partial charge < -0.3 is 15.7 Å². The minimum Gasteiger partial charge on any atom is -0.394 e. The number of amides is 2. The topological polar surface area (TPSA) is 61.4 Å². The number of anilines is 1. The van der Waals surface area contributed by atoms with Crippen molar-refractivity contribution in [3.8, 4) is 0 Å². The summed E-state index contributed by atoms with van der Waals surface area (Å²) in [4.78, 5) is 12.2. The smallest absolute Gasteiger partial charge is 0.319 e. The van der Waals surface area contributed by atoms with Crippen LogP contribution in [0.5, 0.6) is 0 Å². The molecule has 2 amide bonds. The molecular formula is C17H26N2O2. The lowest BCUT2D eigenvalue weighted by Gasteiger charge is -2.39. The number of urea groups is 1. The van der Waals surface area contributed by atoms with E-state index in [1.54, 1.807) is 0 Å². The first-order valence-electron chi connectivity index (χ1n) is 7.80. The van der Waals surface area contributed by atoms with E-state index in [2.05, 4.69) is 10.6 Å². The van der Waals surface area contributed by atoms with Crippen LogP contribution in [-0.4, -0.2) is 23.3 Å². The van der Waals surface area contributed by atoms with E-state index in [9.17, 15) is 9.90 Å². The highest BCUT2D eigenvalue weighted by atomic mass is 16.3. The fourth-order valence-electron chi connectivity index (χ4n) is 3.07. The number of aryl methyl sites for hydroxylation is 1. The summed E-state index contributed by atoms with van der Waals surface area (Å²) < 4.78 is 0. The Bertz CT molecular complexity index is 466. The Labute approximate surface area is 126 Å². The Morgan fingerprint density at radius 1 is 1.24 bits per heavy atom. The van der Waals surface area contributed by atoms with Gasteiger partial charge in [0.05, 0.1) is 12.1 Å². The SMILES string of the molecule is Cc1ccc(NC(=O)NC(C)(CO)C2CCCCC2)cc1. The molecule has 1 unspecified atom stereocenters. The van der Waals surface area contributed by atoms with E-state index in [4.69, 9.17) is 0 Å². The minimum absolute atomic E-state index is 0.0288. The third kappa shape index (κ3) is 4.21. The summed E-state index contributed by atoms with van der Waals surface area (Å²) in [5.41, 5.74) is 1.38. The number of nitrogens with one attached hydrogen (secondary N) is 2. The van der Waals surface area contributed by atoms with Gasteiger partial charge in [-0.25, -0.2) is 4.79 Å². The first-order valence-corrected chi connectivity index (χ1v) is 7.80. The molecule has 1 aromatic carbocycles. The van der Waals surface area contributed by atoms with E-state index >= 15 is 0 Å². The lowest BCUT2D eigenvalue weighted by molar-refractivity contribution is 0.103. The van der Waals surface area contributed by atoms with E-state index in [1.807, 2.05) is 38.1 Å². The van der Waals surface area contributed by atoms with E-state index in [0.717, 1.165) is 24.1 Å². The average molecular weight is 290 g/mol. The van der Waals surface area contributed by atoms with Gasteiger partial charge in [-0.1, -0.05) is 37.0 Å². The predicted molar refractivity (Wildman–Crippen MR) is 85.4 cm³/mol. The van der Waals surface area contributed by atoms with Gasteiger partial charge in [0.1, 0.15) is 0 Å². The summed E-state index contributed by atoms with van der Waals surface area (Å²) in [5, 5.41) is 15.6. The summed E-state index contributed by atoms with van der Waals surface area (Å²) in [5.74, 6) is 0.347. The van der Waals surface area contributed by atoms with Crippen molar-refractivity contribution in [1.29, 1.82) is 0 Å². The summed E-state index contributed by atoms with van der Waals surface area (Å²) in [7, 11) is 0. The summed E-state index contributed by atoms with van der Waals surface area (Å²) in [6.45, 7) is 3.92. The van der Waals surface area contributed by atoms with Crippen molar-refractivity contribution in [2.45, 2.75) is 51.5 Å². The Morgan fingerprint density at radius 3 is 2.43 bits per heavy atom. The third-order valence-corrected chi connectivity index (χ3v) is 4.54. The molecule has 2 rings (SSSR count). The van der Waals surface area contributed by atoms with Crippen molar-refractivity contribution in [3.63, 3.8) is 0 Å². The number of hydrogen-bond acceptors (Lipinski definition) is 2. The summed E-state index contributed by atoms with van der Waals surface area (Å²) >= 11 is 0. The highest BCUT2D eigenvalue weighted by Gasteiger charge is 2.35. The van der Waals surface area contributed by atoms with Crippen LogP contribution in [0.1, 0.15) is 44.6 Å². The second-order valence-electron chi connectivity index (χ2n) is 6.36. The van der Waals surface area contributed by atoms with Gasteiger partial charge in [0, 0.05) is 5.69 Å². The van der Waals surface area contributed by atoms with Crippen LogP contribution in [0.15, 0.2) is 24.3 Å². The van der Waals surface area contributed by atoms with E-state index in [1.165, 1.54) is 19.3 Å². The molecule has 0 aromatic heterocycles. The molecule has 3 N–H and O–H groups in total. The molecule has 1 aromatic rings. The molecule has 0 bridgehead atoms. The van der Waals surface area contributed by atoms with Crippen LogP contribution in [-0.2, 0) is 0 Å². The molecule has 4 nitrogen and oxygen atoms in total. The molecule has 1 fully saturated rings. The number of carbonyl (C=O) groups is 1. The van der Waals surface area contributed by atoms with Gasteiger partial charge in [-0.05, 0) is 44.7 Å². The number of carbonyl (C=O) groups excluding carboxylic acids is 1. The van der Waals surface area contributed by atoms with Gasteiger partial charge >= 0.3 is 6.03 Å². The molecule has 1 aliphatic rings. The van der Waals surface area contributed by atoms with Crippen molar-refractivity contribution in [1.82, 2.24) is 5.32 Å². The second-order valence-corrected chi connectivity index (χ2v) is 6.36. The second kappa shape index (κ2) is 6.94. The summed E-state index contributed by atoms with van der Waals surface area (Å²) in [6.07, 6.45) is 5.76. The van der Waals surface area contributed by atoms with E-state index < -0.39 is 5.54 Å². The lowest BCUT2D eigenvalue weighted by Crippen LogP contribution is -2.55. The minimum atomic E-state index is -0.546. The van der Waals surface area contributed by atoms with Crippen molar-refractivity contribution < 1.29 is 9.90 Å². The van der Waals surface area contributed by atoms with Crippen molar-refractivity contribution >= 4 is 11.7 Å². The molecule has 0 radical (unpaired) electrons. The first-order chi connectivity index (χ1) is 10.0. The molecule has 1 atom stereocenters. The van der Waals surface area contributed by atoms with Crippen LogP contribution in [0, 0.1) is 12.8 Å². The Balaban J connectivity index is 1.96. The van der Waals surface area contributed by atoms with Crippen molar-refractivity contribution in [3.05, 3.63) is 29.8 Å². The van der Waals surface area contributed by atoms with Crippen LogP contribution < -0.4 is 10.6 Å². The lowest BCUT2D eigenvalue weighted by atomic mass is 9.76. The summed E-state index contributed by atoms with van der Waals surface area (Å²) in [6, 6.07) is 7.43. The van der Waals surface area contributed by atoms with Gasteiger partial charge in [0.2, 0.25) is 0 Å². The van der Waals surface area contributed by atoms with Gasteiger partial charge in [-0.15, -0.1) is 0 Å². The molecule has 4 heteroatoms. The maximum Gasteiger partial charge on any atom is 0.319 e. The van der Waals surface area contributed by atoms with Crippen LogP contribution in [0.4, 0.5) is 10.5 Å². The van der Waals surface area contributed by atoms with E-state index in [0.29, 0.717) is 5.92 Å². The number of aliphatic hydroxyl groups is 1. The highest BCUT2D eigenvalue weighted by Crippen LogP contribution is 2.32. The monoisotopic (exact) mass is 290 g/mol. The molecule has 116 valence electrons. The molecule has 0 heterocycles. The largest absolute Gasteiger partial charge is 0.394 e. The zero-order valence-electron chi connectivity index (χ0n) is 13.0. The van der Waals surface area contributed by atoms with Crippen molar-refractivity contribution in [2.24, 2.45) is 5.92 Å². The number of benzene rings is 1. The predicted octanol–water partition coefficient (Wildman–Crippen LogP) is 3.45. The van der Waals surface area contributed by atoms with E-state index in [-0.39, 0.29) is 12.6 Å². The maximum atomic E-state index is 12.2. The Kier molecular flexibility index (Phi) is 5.23. The average Bonchev–Trinajstić information content (AvgIpc) is 2.50. The molecule has 1 aliphatic carbocycles. The Hall–Kier alpha value is -1.55. The van der Waals surface area contributed by atoms with Crippen LogP contribution in [0.2, 0.25) is 0 Å². The Morgan fingerprint density at radius 2 is 1.86 bits per heavy atom. The fraction of sp³-hybridized carbons (Fsp3) is 0.588. The van der Waals surface area contributed by atoms with Crippen molar-refractivity contribution in [2.75, 3.05) is 11.9 Å². The molecular weight excluding hydrogens is 264 g/mol. The number of hydrogen-bond donors (Lipinski definition) is 3. The van der Waals surface area contributed by atoms with Crippen LogP contribution >= 0.6 is 0 Å². The molecule has 0 aliphatic heterocycles. The highest BCUT2D eigenvalue weighted by molar-refractivity contribution is 5.89. The standard InChI is InChI=1S/C17H26N2O2/c1-13-8-10-15(11-9-13)18-16(21)19-17(2,12-20)14-6-4-3-5-7-14/h8-11,14,20H,3-7,12H2,1-2H3,(H2,18,19,21). The molecule has 0 spiro atoms. The quantitative estimate of drug-likeness (QED) is 0.795. The molecule has 0 saturated heterocycles. The number of aliphatic hydroxyl groups excluding tert-OH is 1. The number of rotatable bonds is 4. The van der Waals surface area contributed by atoms with Gasteiger partial charge in [0.25, 0.3) is 0 Å². The van der Waals surface area contributed by atoms with Crippen LogP contribution in [0.25, 0.3) is 0 Å². The first kappa shape index (κ1) is 15.8. The third-order valence-electron chi connectivity index (χ3n) is 4.54. The maximum absolute atomic E-state index is 12.2. The zero-order valence-corrected chi connectivity index (χ0v) is 13.0. The van der Waals surface area contributed by atoms with Gasteiger partial charge in [0.15, 0.2) is 0 Å². The van der Waals surface area contributed by atoms with Crippen LogP contribution in [0.3, 0.4) is 0 Å². The fourth-order valence-corrected chi connectivity index (χ4v) is 3.07. The zero-order chi connectivity index (χ0) is 15.3. The molecule has 1 saturated carbocycles. The van der Waals surface area contributed by atoms with Gasteiger partial charge in [-0.2, -0.15) is 0 Å². The normalized spacial score (nSPS) is 18.8. The van der Waals surface area contributed by atoms with Gasteiger partial charge in [-0.3, -0.25) is 0 Å². The molecule has 21 heavy (non-hydrogen) atoms.